The summed E-state index contributed by atoms with van der Waals surface area (Å²) in [6, 6.07) is 3.91. The Morgan fingerprint density at radius 3 is 2.58 bits per heavy atom. The third-order valence-corrected chi connectivity index (χ3v) is 5.42. The normalized spacial score (nSPS) is 30.2. The van der Waals surface area contributed by atoms with Crippen molar-refractivity contribution in [2.75, 3.05) is 18.4 Å². The van der Waals surface area contributed by atoms with Gasteiger partial charge in [0.1, 0.15) is 5.82 Å². The highest BCUT2D eigenvalue weighted by atomic mass is 16.5. The fourth-order valence-corrected chi connectivity index (χ4v) is 3.98. The Morgan fingerprint density at radius 1 is 1.29 bits per heavy atom. The maximum Gasteiger partial charge on any atom is 0.323 e. The van der Waals surface area contributed by atoms with Gasteiger partial charge >= 0.3 is 6.03 Å². The monoisotopic (exact) mass is 327 g/mol. The number of carbonyl (C=O) groups is 1. The Hall–Kier alpha value is -1.88. The second-order valence-electron chi connectivity index (χ2n) is 7.60. The van der Waals surface area contributed by atoms with Crippen LogP contribution in [0.5, 0.6) is 0 Å². The Kier molecular flexibility index (Phi) is 4.04. The SMILES string of the molecule is CC(C)CCc1ccc(NC(=O)N2C[C@@H]3[C@@H](C2)[C@H]2C=C[C@H]3O2)nc1. The largest absolute Gasteiger partial charge is 0.366 e. The highest BCUT2D eigenvalue weighted by Gasteiger charge is 2.51. The summed E-state index contributed by atoms with van der Waals surface area (Å²) in [5, 5.41) is 2.93. The van der Waals surface area contributed by atoms with Gasteiger partial charge in [-0.3, -0.25) is 5.32 Å². The van der Waals surface area contributed by atoms with Crippen LogP contribution in [0.4, 0.5) is 10.6 Å². The molecule has 0 unspecified atom stereocenters. The smallest absolute Gasteiger partial charge is 0.323 e. The summed E-state index contributed by atoms with van der Waals surface area (Å²) < 4.78 is 5.86. The number of hydrogen-bond donors (Lipinski definition) is 1. The van der Waals surface area contributed by atoms with Gasteiger partial charge in [0, 0.05) is 31.1 Å². The van der Waals surface area contributed by atoms with Gasteiger partial charge in [0.25, 0.3) is 0 Å². The summed E-state index contributed by atoms with van der Waals surface area (Å²) >= 11 is 0. The highest BCUT2D eigenvalue weighted by molar-refractivity contribution is 5.88. The van der Waals surface area contributed by atoms with Gasteiger partial charge in [0.05, 0.1) is 12.2 Å². The molecule has 0 aliphatic carbocycles. The second-order valence-corrected chi connectivity index (χ2v) is 7.60. The molecule has 4 rings (SSSR count). The predicted molar refractivity (Wildman–Crippen MR) is 92.8 cm³/mol. The lowest BCUT2D eigenvalue weighted by Gasteiger charge is -2.19. The van der Waals surface area contributed by atoms with E-state index in [0.29, 0.717) is 23.6 Å². The fourth-order valence-electron chi connectivity index (χ4n) is 3.98. The van der Waals surface area contributed by atoms with Crippen LogP contribution < -0.4 is 5.32 Å². The van der Waals surface area contributed by atoms with Crippen LogP contribution in [0.3, 0.4) is 0 Å². The first-order chi connectivity index (χ1) is 11.6. The minimum Gasteiger partial charge on any atom is -0.366 e. The van der Waals surface area contributed by atoms with Crippen molar-refractivity contribution in [1.29, 1.82) is 0 Å². The number of aromatic nitrogens is 1. The van der Waals surface area contributed by atoms with Crippen LogP contribution in [0.25, 0.3) is 0 Å². The second kappa shape index (κ2) is 6.20. The van der Waals surface area contributed by atoms with E-state index in [4.69, 9.17) is 4.74 Å². The van der Waals surface area contributed by atoms with Crippen molar-refractivity contribution in [3.8, 4) is 0 Å². The molecule has 3 aliphatic heterocycles. The van der Waals surface area contributed by atoms with Gasteiger partial charge in [-0.1, -0.05) is 32.1 Å². The summed E-state index contributed by atoms with van der Waals surface area (Å²) in [5.41, 5.74) is 1.22. The van der Waals surface area contributed by atoms with E-state index >= 15 is 0 Å². The van der Waals surface area contributed by atoms with Crippen LogP contribution in [-0.4, -0.2) is 41.2 Å². The third-order valence-electron chi connectivity index (χ3n) is 5.42. The zero-order chi connectivity index (χ0) is 16.7. The number of pyridine rings is 1. The molecule has 4 atom stereocenters. The first-order valence-electron chi connectivity index (χ1n) is 8.95. The minimum absolute atomic E-state index is 0.0498. The number of aryl methyl sites for hydroxylation is 1. The van der Waals surface area contributed by atoms with E-state index < -0.39 is 0 Å². The van der Waals surface area contributed by atoms with Crippen molar-refractivity contribution in [2.45, 2.75) is 38.9 Å². The van der Waals surface area contributed by atoms with Crippen LogP contribution in [0.2, 0.25) is 0 Å². The molecule has 0 spiro atoms. The summed E-state index contributed by atoms with van der Waals surface area (Å²) in [4.78, 5) is 18.8. The van der Waals surface area contributed by atoms with E-state index in [2.05, 4.69) is 42.4 Å². The fraction of sp³-hybridized carbons (Fsp3) is 0.579. The van der Waals surface area contributed by atoms with Crippen molar-refractivity contribution >= 4 is 11.8 Å². The first kappa shape index (κ1) is 15.6. The number of nitrogens with zero attached hydrogens (tertiary/aromatic N) is 2. The number of amides is 2. The average Bonchev–Trinajstić information content (AvgIpc) is 3.26. The Bertz CT molecular complexity index is 621. The van der Waals surface area contributed by atoms with Crippen molar-refractivity contribution in [3.63, 3.8) is 0 Å². The van der Waals surface area contributed by atoms with Gasteiger partial charge in [-0.05, 0) is 30.4 Å². The molecule has 2 saturated heterocycles. The molecule has 4 heterocycles. The number of urea groups is 1. The molecule has 2 amide bonds. The zero-order valence-electron chi connectivity index (χ0n) is 14.3. The lowest BCUT2D eigenvalue weighted by Crippen LogP contribution is -2.35. The van der Waals surface area contributed by atoms with E-state index in [1.54, 1.807) is 0 Å². The lowest BCUT2D eigenvalue weighted by atomic mass is 9.86. The minimum atomic E-state index is -0.0498. The van der Waals surface area contributed by atoms with Crippen LogP contribution >= 0.6 is 0 Å². The van der Waals surface area contributed by atoms with Gasteiger partial charge < -0.3 is 9.64 Å². The molecule has 1 N–H and O–H groups in total. The predicted octanol–water partition coefficient (Wildman–Crippen LogP) is 3.09. The topological polar surface area (TPSA) is 54.5 Å². The number of carbonyl (C=O) groups excluding carboxylic acids is 1. The molecule has 1 aromatic heterocycles. The number of anilines is 1. The van der Waals surface area contributed by atoms with Crippen molar-refractivity contribution in [2.24, 2.45) is 17.8 Å². The summed E-state index contributed by atoms with van der Waals surface area (Å²) in [6.07, 6.45) is 8.75. The third kappa shape index (κ3) is 2.93. The van der Waals surface area contributed by atoms with E-state index in [-0.39, 0.29) is 18.2 Å². The van der Waals surface area contributed by atoms with E-state index in [9.17, 15) is 4.79 Å². The highest BCUT2D eigenvalue weighted by Crippen LogP contribution is 2.43. The molecule has 3 aliphatic rings. The number of ether oxygens (including phenoxy) is 1. The maximum absolute atomic E-state index is 12.5. The Labute approximate surface area is 143 Å². The molecule has 0 radical (unpaired) electrons. The van der Waals surface area contributed by atoms with Crippen molar-refractivity contribution in [1.82, 2.24) is 9.88 Å². The average molecular weight is 327 g/mol. The zero-order valence-corrected chi connectivity index (χ0v) is 14.3. The molecule has 1 aromatic rings. The number of likely N-dealkylation sites (tertiary alicyclic amines) is 1. The van der Waals surface area contributed by atoms with Crippen LogP contribution in [0.1, 0.15) is 25.8 Å². The van der Waals surface area contributed by atoms with E-state index in [1.165, 1.54) is 5.56 Å². The Morgan fingerprint density at radius 2 is 2.00 bits per heavy atom. The van der Waals surface area contributed by atoms with E-state index in [1.807, 2.05) is 17.2 Å². The lowest BCUT2D eigenvalue weighted by molar-refractivity contribution is 0.0892. The van der Waals surface area contributed by atoms with Gasteiger partial charge in [-0.2, -0.15) is 0 Å². The van der Waals surface area contributed by atoms with Gasteiger partial charge in [-0.15, -0.1) is 0 Å². The number of fused-ring (bicyclic) bond motifs is 5. The summed E-state index contributed by atoms with van der Waals surface area (Å²) in [6.45, 7) is 5.99. The quantitative estimate of drug-likeness (QED) is 0.865. The van der Waals surface area contributed by atoms with Gasteiger partial charge in [-0.25, -0.2) is 9.78 Å². The molecule has 5 heteroatoms. The summed E-state index contributed by atoms with van der Waals surface area (Å²) in [7, 11) is 0. The molecule has 0 saturated carbocycles. The summed E-state index contributed by atoms with van der Waals surface area (Å²) in [5.74, 6) is 2.23. The number of hydrogen-bond acceptors (Lipinski definition) is 3. The molecule has 2 fully saturated rings. The molecule has 5 nitrogen and oxygen atoms in total. The number of nitrogens with one attached hydrogen (secondary N) is 1. The standard InChI is InChI=1S/C19H25N3O2/c1-12(2)3-4-13-5-8-18(20-9-13)21-19(23)22-10-14-15(11-22)17-7-6-16(14)24-17/h5-9,12,14-17H,3-4,10-11H2,1-2H3,(H,20,21,23)/t14-,15-,16-,17-/m1/s1. The van der Waals surface area contributed by atoms with Crippen LogP contribution in [-0.2, 0) is 11.2 Å². The molecule has 24 heavy (non-hydrogen) atoms. The maximum atomic E-state index is 12.5. The van der Waals surface area contributed by atoms with E-state index in [0.717, 1.165) is 25.9 Å². The molecular weight excluding hydrogens is 302 g/mol. The van der Waals surface area contributed by atoms with Crippen molar-refractivity contribution < 1.29 is 9.53 Å². The molecule has 128 valence electrons. The molecule has 0 aromatic carbocycles. The van der Waals surface area contributed by atoms with Crippen molar-refractivity contribution in [3.05, 3.63) is 36.0 Å². The first-order valence-corrected chi connectivity index (χ1v) is 8.95. The molecule has 2 bridgehead atoms. The number of rotatable bonds is 4. The van der Waals surface area contributed by atoms with Gasteiger partial charge in [0.15, 0.2) is 0 Å². The van der Waals surface area contributed by atoms with Gasteiger partial charge in [0.2, 0.25) is 0 Å². The van der Waals surface area contributed by atoms with Crippen LogP contribution in [0, 0.1) is 17.8 Å². The van der Waals surface area contributed by atoms with Crippen LogP contribution in [0.15, 0.2) is 30.5 Å². The molecular formula is C19H25N3O2. The Balaban J connectivity index is 1.32.